The molecule has 0 aromatic heterocycles. The molecule has 2 aromatic carbocycles. The van der Waals surface area contributed by atoms with E-state index in [0.717, 1.165) is 11.1 Å². The van der Waals surface area contributed by atoms with Gasteiger partial charge in [-0.05, 0) is 30.7 Å². The Balaban J connectivity index is 1.49. The fourth-order valence-corrected chi connectivity index (χ4v) is 4.44. The van der Waals surface area contributed by atoms with Gasteiger partial charge in [-0.1, -0.05) is 35.9 Å². The highest BCUT2D eigenvalue weighted by Gasteiger charge is 2.26. The third kappa shape index (κ3) is 6.51. The summed E-state index contributed by atoms with van der Waals surface area (Å²) >= 11 is 0. The Bertz CT molecular complexity index is 1020. The van der Waals surface area contributed by atoms with Crippen LogP contribution in [0.1, 0.15) is 11.1 Å². The normalized spacial score (nSPS) is 14.6. The zero-order chi connectivity index (χ0) is 22.3. The van der Waals surface area contributed by atoms with Crippen molar-refractivity contribution >= 4 is 27.6 Å². The van der Waals surface area contributed by atoms with Gasteiger partial charge in [0.1, 0.15) is 0 Å². The van der Waals surface area contributed by atoms with Crippen LogP contribution in [0.15, 0.2) is 53.4 Å². The van der Waals surface area contributed by atoms with Gasteiger partial charge in [-0.25, -0.2) is 13.2 Å². The van der Waals surface area contributed by atoms with E-state index >= 15 is 0 Å². The first kappa shape index (κ1) is 22.7. The Morgan fingerprint density at radius 3 is 2.45 bits per heavy atom. The van der Waals surface area contributed by atoms with Crippen LogP contribution in [-0.4, -0.2) is 57.5 Å². The average molecular weight is 447 g/mol. The van der Waals surface area contributed by atoms with E-state index in [4.69, 9.17) is 4.74 Å². The third-order valence-electron chi connectivity index (χ3n) is 4.71. The highest BCUT2D eigenvalue weighted by atomic mass is 32.2. The summed E-state index contributed by atoms with van der Waals surface area (Å²) in [5.41, 5.74) is 2.41. The Labute approximate surface area is 181 Å². The lowest BCUT2D eigenvalue weighted by Gasteiger charge is -2.26. The van der Waals surface area contributed by atoms with Crippen LogP contribution in [0, 0.1) is 6.92 Å². The summed E-state index contributed by atoms with van der Waals surface area (Å²) in [5, 5.41) is 7.76. The van der Waals surface area contributed by atoms with Crippen LogP contribution >= 0.6 is 0 Å². The van der Waals surface area contributed by atoms with Crippen molar-refractivity contribution in [2.75, 3.05) is 38.2 Å². The first-order valence-corrected chi connectivity index (χ1v) is 11.3. The average Bonchev–Trinajstić information content (AvgIpc) is 2.78. The summed E-state index contributed by atoms with van der Waals surface area (Å²) in [7, 11) is -3.66. The summed E-state index contributed by atoms with van der Waals surface area (Å²) in [6.07, 6.45) is 0. The molecule has 3 rings (SSSR count). The maximum atomic E-state index is 12.7. The smallest absolute Gasteiger partial charge is 0.315 e. The summed E-state index contributed by atoms with van der Waals surface area (Å²) in [5.74, 6) is -0.466. The van der Waals surface area contributed by atoms with Gasteiger partial charge in [-0.15, -0.1) is 0 Å². The number of hydrogen-bond acceptors (Lipinski definition) is 5. The van der Waals surface area contributed by atoms with E-state index < -0.39 is 22.0 Å². The lowest BCUT2D eigenvalue weighted by atomic mass is 10.1. The largest absolute Gasteiger partial charge is 0.379 e. The van der Waals surface area contributed by atoms with Crippen LogP contribution in [0.5, 0.6) is 0 Å². The van der Waals surface area contributed by atoms with E-state index in [9.17, 15) is 18.0 Å². The molecule has 0 saturated carbocycles. The van der Waals surface area contributed by atoms with Gasteiger partial charge < -0.3 is 20.7 Å². The molecule has 0 spiro atoms. The maximum Gasteiger partial charge on any atom is 0.315 e. The number of benzene rings is 2. The molecule has 1 aliphatic rings. The molecule has 1 aliphatic heterocycles. The SMILES string of the molecule is Cc1ccc(CNC(=O)NCC(=O)Nc2cccc(S(=O)(=O)N3CCOCC3)c2)cc1. The predicted molar refractivity (Wildman–Crippen MR) is 116 cm³/mol. The van der Waals surface area contributed by atoms with Crippen LogP contribution in [0.2, 0.25) is 0 Å². The highest BCUT2D eigenvalue weighted by Crippen LogP contribution is 2.20. The van der Waals surface area contributed by atoms with Gasteiger partial charge >= 0.3 is 6.03 Å². The molecule has 3 amide bonds. The van der Waals surface area contributed by atoms with Crippen molar-refractivity contribution in [1.29, 1.82) is 0 Å². The first-order valence-electron chi connectivity index (χ1n) is 9.90. The number of urea groups is 1. The zero-order valence-electron chi connectivity index (χ0n) is 17.3. The second-order valence-electron chi connectivity index (χ2n) is 7.11. The minimum absolute atomic E-state index is 0.0935. The second-order valence-corrected chi connectivity index (χ2v) is 9.05. The van der Waals surface area contributed by atoms with Crippen LogP contribution < -0.4 is 16.0 Å². The molecule has 0 atom stereocenters. The fraction of sp³-hybridized carbons (Fsp3) is 0.333. The topological polar surface area (TPSA) is 117 Å². The zero-order valence-corrected chi connectivity index (χ0v) is 18.1. The molecule has 1 saturated heterocycles. The lowest BCUT2D eigenvalue weighted by Crippen LogP contribution is -2.40. The molecule has 1 fully saturated rings. The summed E-state index contributed by atoms with van der Waals surface area (Å²) in [6, 6.07) is 13.3. The molecular weight excluding hydrogens is 420 g/mol. The van der Waals surface area contributed by atoms with Crippen LogP contribution in [0.25, 0.3) is 0 Å². The maximum absolute atomic E-state index is 12.7. The molecular formula is C21H26N4O5S. The van der Waals surface area contributed by atoms with Gasteiger partial charge in [-0.3, -0.25) is 4.79 Å². The quantitative estimate of drug-likeness (QED) is 0.595. The Morgan fingerprint density at radius 1 is 1.03 bits per heavy atom. The van der Waals surface area contributed by atoms with E-state index in [2.05, 4.69) is 16.0 Å². The minimum atomic E-state index is -3.66. The molecule has 3 N–H and O–H groups in total. The number of anilines is 1. The molecule has 2 aromatic rings. The molecule has 0 unspecified atom stereocenters. The molecule has 10 heteroatoms. The van der Waals surface area contributed by atoms with Crippen LogP contribution in [0.4, 0.5) is 10.5 Å². The van der Waals surface area contributed by atoms with Crippen molar-refractivity contribution in [3.8, 4) is 0 Å². The molecule has 0 aliphatic carbocycles. The van der Waals surface area contributed by atoms with Gasteiger partial charge in [0.2, 0.25) is 15.9 Å². The lowest BCUT2D eigenvalue weighted by molar-refractivity contribution is -0.115. The number of aryl methyl sites for hydroxylation is 1. The molecule has 0 radical (unpaired) electrons. The molecule has 0 bridgehead atoms. The van der Waals surface area contributed by atoms with Gasteiger partial charge in [0, 0.05) is 25.3 Å². The van der Waals surface area contributed by atoms with Crippen LogP contribution in [0.3, 0.4) is 0 Å². The number of rotatable bonds is 7. The monoisotopic (exact) mass is 446 g/mol. The van der Waals surface area contributed by atoms with Crippen molar-refractivity contribution < 1.29 is 22.7 Å². The van der Waals surface area contributed by atoms with Gasteiger partial charge in [0.15, 0.2) is 0 Å². The fourth-order valence-electron chi connectivity index (χ4n) is 2.99. The second kappa shape index (κ2) is 10.4. The van der Waals surface area contributed by atoms with E-state index in [1.54, 1.807) is 12.1 Å². The molecule has 9 nitrogen and oxygen atoms in total. The van der Waals surface area contributed by atoms with Crippen molar-refractivity contribution in [2.24, 2.45) is 0 Å². The number of nitrogens with zero attached hydrogens (tertiary/aromatic N) is 1. The number of hydrogen-bond donors (Lipinski definition) is 3. The van der Waals surface area contributed by atoms with E-state index in [1.807, 2.05) is 31.2 Å². The third-order valence-corrected chi connectivity index (χ3v) is 6.60. The Hall–Kier alpha value is -2.95. The van der Waals surface area contributed by atoms with Gasteiger partial charge in [0.05, 0.1) is 24.7 Å². The predicted octanol–water partition coefficient (Wildman–Crippen LogP) is 1.45. The van der Waals surface area contributed by atoms with Gasteiger partial charge in [-0.2, -0.15) is 4.31 Å². The minimum Gasteiger partial charge on any atom is -0.379 e. The standard InChI is InChI=1S/C21H26N4O5S/c1-16-5-7-17(8-6-16)14-22-21(27)23-15-20(26)24-18-3-2-4-19(13-18)31(28,29)25-9-11-30-12-10-25/h2-8,13H,9-12,14-15H2,1H3,(H,24,26)(H2,22,23,27). The number of carbonyl (C=O) groups excluding carboxylic acids is 2. The van der Waals surface area contributed by atoms with Crippen molar-refractivity contribution in [3.63, 3.8) is 0 Å². The number of morpholine rings is 1. The van der Waals surface area contributed by atoms with Crippen LogP contribution in [-0.2, 0) is 26.1 Å². The van der Waals surface area contributed by atoms with E-state index in [-0.39, 0.29) is 11.4 Å². The molecule has 166 valence electrons. The first-order chi connectivity index (χ1) is 14.8. The van der Waals surface area contributed by atoms with Crippen molar-refractivity contribution in [2.45, 2.75) is 18.4 Å². The van der Waals surface area contributed by atoms with E-state index in [1.165, 1.54) is 16.4 Å². The number of carbonyl (C=O) groups is 2. The number of ether oxygens (including phenoxy) is 1. The number of sulfonamides is 1. The number of nitrogens with one attached hydrogen (secondary N) is 3. The summed E-state index contributed by atoms with van der Waals surface area (Å²) in [6.45, 7) is 3.37. The van der Waals surface area contributed by atoms with Gasteiger partial charge in [0.25, 0.3) is 0 Å². The van der Waals surface area contributed by atoms with Crippen molar-refractivity contribution in [1.82, 2.24) is 14.9 Å². The highest BCUT2D eigenvalue weighted by molar-refractivity contribution is 7.89. The summed E-state index contributed by atoms with van der Waals surface area (Å²) in [4.78, 5) is 24.2. The molecule has 31 heavy (non-hydrogen) atoms. The Morgan fingerprint density at radius 2 is 1.74 bits per heavy atom. The summed E-state index contributed by atoms with van der Waals surface area (Å²) < 4.78 is 32.0. The van der Waals surface area contributed by atoms with Crippen molar-refractivity contribution in [3.05, 3.63) is 59.7 Å². The molecule has 1 heterocycles. The number of amides is 3. The Kier molecular flexibility index (Phi) is 7.61. The van der Waals surface area contributed by atoms with E-state index in [0.29, 0.717) is 38.5 Å².